The molecule has 3 heteroatoms. The number of aryl methyl sites for hydroxylation is 2. The van der Waals surface area contributed by atoms with Gasteiger partial charge in [-0.2, -0.15) is 5.10 Å². The summed E-state index contributed by atoms with van der Waals surface area (Å²) in [6.07, 6.45) is 2.11. The molecule has 0 amide bonds. The van der Waals surface area contributed by atoms with Gasteiger partial charge < -0.3 is 0 Å². The van der Waals surface area contributed by atoms with Crippen LogP contribution in [0, 0.1) is 20.8 Å². The van der Waals surface area contributed by atoms with Gasteiger partial charge in [-0.25, -0.2) is 4.52 Å². The van der Waals surface area contributed by atoms with Crippen molar-refractivity contribution in [2.24, 2.45) is 0 Å². The molecule has 14 heavy (non-hydrogen) atoms. The van der Waals surface area contributed by atoms with Gasteiger partial charge in [0.2, 0.25) is 0 Å². The molecule has 0 saturated carbocycles. The van der Waals surface area contributed by atoms with Crippen molar-refractivity contribution >= 4 is 17.3 Å². The Morgan fingerprint density at radius 1 is 1.21 bits per heavy atom. The average molecular weight is 206 g/mol. The summed E-state index contributed by atoms with van der Waals surface area (Å²) in [5.74, 6) is 0. The predicted octanol–water partition coefficient (Wildman–Crippen LogP) is 2.98. The summed E-state index contributed by atoms with van der Waals surface area (Å²) in [6, 6.07) is 4.32. The number of rotatable bonds is 1. The second-order valence-electron chi connectivity index (χ2n) is 3.55. The van der Waals surface area contributed by atoms with Gasteiger partial charge in [0, 0.05) is 10.6 Å². The van der Waals surface area contributed by atoms with Crippen molar-refractivity contribution in [3.05, 3.63) is 29.1 Å². The Hall–Kier alpha value is -0.960. The normalized spacial score (nSPS) is 11.1. The van der Waals surface area contributed by atoms with E-state index in [2.05, 4.69) is 37.3 Å². The Morgan fingerprint density at radius 3 is 2.57 bits per heavy atom. The van der Waals surface area contributed by atoms with Gasteiger partial charge in [-0.3, -0.25) is 0 Å². The van der Waals surface area contributed by atoms with E-state index in [0.717, 1.165) is 5.69 Å². The van der Waals surface area contributed by atoms with Crippen LogP contribution in [-0.2, 0) is 0 Å². The lowest BCUT2D eigenvalue weighted by Gasteiger charge is -2.08. The Balaban J connectivity index is 2.84. The second kappa shape index (κ2) is 3.31. The number of fused-ring (bicyclic) bond motifs is 1. The average Bonchev–Trinajstić information content (AvgIpc) is 2.52. The highest BCUT2D eigenvalue weighted by Gasteiger charge is 2.07. The molecule has 2 aromatic rings. The quantitative estimate of drug-likeness (QED) is 0.667. The van der Waals surface area contributed by atoms with Gasteiger partial charge in [0.15, 0.2) is 0 Å². The first-order chi connectivity index (χ1) is 6.63. The Morgan fingerprint density at radius 2 is 1.93 bits per heavy atom. The molecule has 0 aromatic carbocycles. The number of hydrogen-bond acceptors (Lipinski definition) is 2. The lowest BCUT2D eigenvalue weighted by atomic mass is 10.2. The van der Waals surface area contributed by atoms with E-state index in [4.69, 9.17) is 0 Å². The summed E-state index contributed by atoms with van der Waals surface area (Å²) < 4.78 is 2.02. The molecule has 2 rings (SSSR count). The molecule has 0 atom stereocenters. The maximum atomic E-state index is 4.46. The molecular formula is C11H14N2S. The van der Waals surface area contributed by atoms with E-state index < -0.39 is 0 Å². The smallest absolute Gasteiger partial charge is 0.0678 e. The van der Waals surface area contributed by atoms with Crippen LogP contribution in [0.5, 0.6) is 0 Å². The van der Waals surface area contributed by atoms with E-state index in [0.29, 0.717) is 0 Å². The van der Waals surface area contributed by atoms with E-state index in [9.17, 15) is 0 Å². The van der Waals surface area contributed by atoms with Gasteiger partial charge >= 0.3 is 0 Å². The molecule has 0 radical (unpaired) electrons. The van der Waals surface area contributed by atoms with E-state index in [1.807, 2.05) is 11.4 Å². The van der Waals surface area contributed by atoms with Gasteiger partial charge in [0.05, 0.1) is 11.2 Å². The van der Waals surface area contributed by atoms with Crippen LogP contribution < -0.4 is 0 Å². The van der Waals surface area contributed by atoms with E-state index >= 15 is 0 Å². The lowest BCUT2D eigenvalue weighted by molar-refractivity contribution is 0.873. The standard InChI is InChI=1S/C11H14N2S/c1-7-5-10-6-11(14-4)8(2)9(3)13(10)12-7/h5-6H,1-4H3. The van der Waals surface area contributed by atoms with E-state index in [-0.39, 0.29) is 0 Å². The topological polar surface area (TPSA) is 17.3 Å². The van der Waals surface area contributed by atoms with Crippen LogP contribution in [0.25, 0.3) is 5.52 Å². The van der Waals surface area contributed by atoms with Crippen LogP contribution in [0.1, 0.15) is 17.0 Å². The number of thioether (sulfide) groups is 1. The fraction of sp³-hybridized carbons (Fsp3) is 0.364. The summed E-state index contributed by atoms with van der Waals surface area (Å²) in [7, 11) is 0. The van der Waals surface area contributed by atoms with Crippen molar-refractivity contribution in [3.63, 3.8) is 0 Å². The minimum absolute atomic E-state index is 1.07. The summed E-state index contributed by atoms with van der Waals surface area (Å²) in [5.41, 5.74) is 4.83. The van der Waals surface area contributed by atoms with E-state index in [1.165, 1.54) is 21.7 Å². The molecule has 0 fully saturated rings. The third-order valence-electron chi connectivity index (χ3n) is 2.59. The van der Waals surface area contributed by atoms with Crippen LogP contribution in [0.4, 0.5) is 0 Å². The highest BCUT2D eigenvalue weighted by Crippen LogP contribution is 2.25. The molecule has 74 valence electrons. The Labute approximate surface area is 88.3 Å². The lowest BCUT2D eigenvalue weighted by Crippen LogP contribution is -1.98. The van der Waals surface area contributed by atoms with Gasteiger partial charge in [-0.15, -0.1) is 11.8 Å². The fourth-order valence-electron chi connectivity index (χ4n) is 1.68. The molecule has 0 N–H and O–H groups in total. The SMILES string of the molecule is CSc1cc2cc(C)nn2c(C)c1C. The number of aromatic nitrogens is 2. The zero-order valence-corrected chi connectivity index (χ0v) is 9.77. The van der Waals surface area contributed by atoms with Crippen molar-refractivity contribution < 1.29 is 0 Å². The van der Waals surface area contributed by atoms with Crippen LogP contribution in [0.3, 0.4) is 0 Å². The van der Waals surface area contributed by atoms with Crippen LogP contribution in [0.15, 0.2) is 17.0 Å². The van der Waals surface area contributed by atoms with Crippen LogP contribution >= 0.6 is 11.8 Å². The molecule has 0 spiro atoms. The molecule has 0 bridgehead atoms. The largest absolute Gasteiger partial charge is 0.238 e. The minimum Gasteiger partial charge on any atom is -0.238 e. The van der Waals surface area contributed by atoms with Crippen molar-refractivity contribution in [2.45, 2.75) is 25.7 Å². The highest BCUT2D eigenvalue weighted by atomic mass is 32.2. The molecule has 2 nitrogen and oxygen atoms in total. The Kier molecular flexibility index (Phi) is 2.27. The highest BCUT2D eigenvalue weighted by molar-refractivity contribution is 7.98. The minimum atomic E-state index is 1.07. The second-order valence-corrected chi connectivity index (χ2v) is 4.39. The number of hydrogen-bond donors (Lipinski definition) is 0. The molecule has 0 unspecified atom stereocenters. The van der Waals surface area contributed by atoms with Crippen LogP contribution in [0.2, 0.25) is 0 Å². The van der Waals surface area contributed by atoms with Gasteiger partial charge in [0.1, 0.15) is 0 Å². The zero-order chi connectivity index (χ0) is 10.3. The number of pyridine rings is 1. The van der Waals surface area contributed by atoms with E-state index in [1.54, 1.807) is 11.8 Å². The van der Waals surface area contributed by atoms with Crippen molar-refractivity contribution in [2.75, 3.05) is 6.26 Å². The summed E-state index contributed by atoms with van der Waals surface area (Å²) in [4.78, 5) is 1.34. The van der Waals surface area contributed by atoms with Crippen molar-refractivity contribution in [1.82, 2.24) is 9.61 Å². The molecule has 0 aliphatic carbocycles. The first-order valence-electron chi connectivity index (χ1n) is 4.64. The zero-order valence-electron chi connectivity index (χ0n) is 8.96. The molecule has 0 aliphatic rings. The molecule has 2 aromatic heterocycles. The third-order valence-corrected chi connectivity index (χ3v) is 3.45. The summed E-state index contributed by atoms with van der Waals surface area (Å²) in [5, 5.41) is 4.46. The fourth-order valence-corrected chi connectivity index (χ4v) is 2.38. The first-order valence-corrected chi connectivity index (χ1v) is 5.86. The third kappa shape index (κ3) is 1.32. The summed E-state index contributed by atoms with van der Waals surface area (Å²) in [6.45, 7) is 6.30. The first kappa shape index (κ1) is 9.59. The monoisotopic (exact) mass is 206 g/mol. The Bertz CT molecular complexity index is 485. The van der Waals surface area contributed by atoms with Crippen molar-refractivity contribution in [1.29, 1.82) is 0 Å². The van der Waals surface area contributed by atoms with Gasteiger partial charge in [-0.1, -0.05) is 0 Å². The molecule has 0 saturated heterocycles. The predicted molar refractivity (Wildman–Crippen MR) is 61.2 cm³/mol. The molecular weight excluding hydrogens is 192 g/mol. The maximum Gasteiger partial charge on any atom is 0.0678 e. The van der Waals surface area contributed by atoms with Crippen LogP contribution in [-0.4, -0.2) is 15.9 Å². The summed E-state index contributed by atoms with van der Waals surface area (Å²) >= 11 is 1.79. The van der Waals surface area contributed by atoms with Gasteiger partial charge in [0.25, 0.3) is 0 Å². The van der Waals surface area contributed by atoms with Crippen molar-refractivity contribution in [3.8, 4) is 0 Å². The van der Waals surface area contributed by atoms with Gasteiger partial charge in [-0.05, 0) is 44.7 Å². The number of nitrogens with zero attached hydrogens (tertiary/aromatic N) is 2. The molecule has 0 aliphatic heterocycles. The maximum absolute atomic E-state index is 4.46. The molecule has 2 heterocycles.